The van der Waals surface area contributed by atoms with E-state index in [9.17, 15) is 0 Å². The van der Waals surface area contributed by atoms with Crippen LogP contribution >= 0.6 is 0 Å². The number of hydrogen-bond acceptors (Lipinski definition) is 4. The fourth-order valence-electron chi connectivity index (χ4n) is 0.364. The van der Waals surface area contributed by atoms with Crippen molar-refractivity contribution in [3.8, 4) is 0 Å². The molecule has 0 saturated carbocycles. The highest BCUT2D eigenvalue weighted by Crippen LogP contribution is 1.62. The molecule has 0 aliphatic rings. The standard InChI is InChI=1S/C5H16N4/c1-3-5-7-9-8-6-4-2/h6-9H,3-5H2,1-2H3. The second kappa shape index (κ2) is 7.84. The molecule has 0 bridgehead atoms. The van der Waals surface area contributed by atoms with Gasteiger partial charge in [0.1, 0.15) is 0 Å². The van der Waals surface area contributed by atoms with Gasteiger partial charge in [0.15, 0.2) is 0 Å². The van der Waals surface area contributed by atoms with Gasteiger partial charge in [0.25, 0.3) is 0 Å². The Bertz CT molecular complexity index is 42.2. The Morgan fingerprint density at radius 3 is 2.22 bits per heavy atom. The highest BCUT2D eigenvalue weighted by molar-refractivity contribution is 4.30. The summed E-state index contributed by atoms with van der Waals surface area (Å²) in [6, 6.07) is 0. The van der Waals surface area contributed by atoms with Crippen molar-refractivity contribution >= 4 is 0 Å². The first-order valence-corrected chi connectivity index (χ1v) is 3.37. The second-order valence-electron chi connectivity index (χ2n) is 1.71. The summed E-state index contributed by atoms with van der Waals surface area (Å²) < 4.78 is 0. The molecule has 0 aliphatic heterocycles. The molecule has 0 radical (unpaired) electrons. The molecule has 0 atom stereocenters. The van der Waals surface area contributed by atoms with Crippen molar-refractivity contribution in [1.82, 2.24) is 21.9 Å². The van der Waals surface area contributed by atoms with E-state index in [1.165, 1.54) is 0 Å². The van der Waals surface area contributed by atoms with Crippen molar-refractivity contribution in [3.63, 3.8) is 0 Å². The van der Waals surface area contributed by atoms with E-state index in [-0.39, 0.29) is 0 Å². The van der Waals surface area contributed by atoms with Crippen molar-refractivity contribution in [2.24, 2.45) is 0 Å². The van der Waals surface area contributed by atoms with Gasteiger partial charge in [-0.2, -0.15) is 11.1 Å². The molecule has 0 aromatic rings. The summed E-state index contributed by atoms with van der Waals surface area (Å²) in [5.41, 5.74) is 11.4. The van der Waals surface area contributed by atoms with Crippen LogP contribution in [0.2, 0.25) is 0 Å². The van der Waals surface area contributed by atoms with Crippen LogP contribution in [0.4, 0.5) is 0 Å². The maximum atomic E-state index is 2.95. The molecule has 0 amide bonds. The van der Waals surface area contributed by atoms with Gasteiger partial charge in [0, 0.05) is 13.1 Å². The van der Waals surface area contributed by atoms with Crippen LogP contribution in [0.25, 0.3) is 0 Å². The highest BCUT2D eigenvalue weighted by Gasteiger charge is 1.77. The minimum Gasteiger partial charge on any atom is -0.243 e. The van der Waals surface area contributed by atoms with Gasteiger partial charge >= 0.3 is 0 Å². The first-order chi connectivity index (χ1) is 4.41. The van der Waals surface area contributed by atoms with Crippen LogP contribution in [0.5, 0.6) is 0 Å². The van der Waals surface area contributed by atoms with E-state index in [4.69, 9.17) is 0 Å². The van der Waals surface area contributed by atoms with Gasteiger partial charge in [0.2, 0.25) is 0 Å². The number of hydrazine groups is 3. The molecular weight excluding hydrogens is 116 g/mol. The number of rotatable bonds is 6. The van der Waals surface area contributed by atoms with Crippen molar-refractivity contribution in [2.75, 3.05) is 13.1 Å². The highest BCUT2D eigenvalue weighted by atomic mass is 15.7. The average molecular weight is 132 g/mol. The van der Waals surface area contributed by atoms with Gasteiger partial charge in [0.05, 0.1) is 0 Å². The molecule has 0 aromatic carbocycles. The Balaban J connectivity index is 2.60. The summed E-state index contributed by atoms with van der Waals surface area (Å²) >= 11 is 0. The van der Waals surface area contributed by atoms with Crippen LogP contribution in [-0.2, 0) is 0 Å². The van der Waals surface area contributed by atoms with Crippen molar-refractivity contribution in [3.05, 3.63) is 0 Å². The lowest BCUT2D eigenvalue weighted by Gasteiger charge is -2.06. The fourth-order valence-corrected chi connectivity index (χ4v) is 0.364. The summed E-state index contributed by atoms with van der Waals surface area (Å²) in [7, 11) is 0. The lowest BCUT2D eigenvalue weighted by molar-refractivity contribution is 0.376. The monoisotopic (exact) mass is 132 g/mol. The quantitative estimate of drug-likeness (QED) is 0.291. The maximum absolute atomic E-state index is 2.95. The summed E-state index contributed by atoms with van der Waals surface area (Å²) in [5, 5.41) is 0. The lowest BCUT2D eigenvalue weighted by atomic mass is 10.5. The van der Waals surface area contributed by atoms with E-state index >= 15 is 0 Å². The first kappa shape index (κ1) is 8.84. The minimum absolute atomic E-state index is 0.904. The lowest BCUT2D eigenvalue weighted by Crippen LogP contribution is -2.50. The molecule has 0 heterocycles. The zero-order chi connectivity index (χ0) is 6.95. The second-order valence-corrected chi connectivity index (χ2v) is 1.71. The molecular formula is C5H16N4. The third-order valence-corrected chi connectivity index (χ3v) is 0.791. The van der Waals surface area contributed by atoms with Gasteiger partial charge in [-0.15, -0.1) is 0 Å². The Hall–Kier alpha value is -0.160. The van der Waals surface area contributed by atoms with Gasteiger partial charge in [-0.05, 0) is 6.42 Å². The van der Waals surface area contributed by atoms with Crippen LogP contribution in [-0.4, -0.2) is 13.1 Å². The molecule has 0 saturated heterocycles. The summed E-state index contributed by atoms with van der Waals surface area (Å²) in [5.74, 6) is 0. The zero-order valence-corrected chi connectivity index (χ0v) is 6.12. The van der Waals surface area contributed by atoms with Crippen molar-refractivity contribution < 1.29 is 0 Å². The molecule has 0 aromatic heterocycles. The van der Waals surface area contributed by atoms with E-state index in [1.54, 1.807) is 0 Å². The van der Waals surface area contributed by atoms with Gasteiger partial charge in [-0.25, -0.2) is 10.9 Å². The molecule has 4 nitrogen and oxygen atoms in total. The minimum atomic E-state index is 0.904. The Labute approximate surface area is 56.3 Å². The SMILES string of the molecule is CCCNNNNCC. The van der Waals surface area contributed by atoms with E-state index in [0.717, 1.165) is 19.5 Å². The largest absolute Gasteiger partial charge is 0.243 e. The van der Waals surface area contributed by atoms with Crippen molar-refractivity contribution in [2.45, 2.75) is 20.3 Å². The van der Waals surface area contributed by atoms with Gasteiger partial charge in [-0.1, -0.05) is 13.8 Å². The average Bonchev–Trinajstić information content (AvgIpc) is 1.89. The molecule has 0 spiro atoms. The van der Waals surface area contributed by atoms with Gasteiger partial charge in [-0.3, -0.25) is 0 Å². The maximum Gasteiger partial charge on any atom is 0.0111 e. The van der Waals surface area contributed by atoms with Crippen LogP contribution in [0.3, 0.4) is 0 Å². The topological polar surface area (TPSA) is 48.1 Å². The number of nitrogens with one attached hydrogen (secondary N) is 4. The van der Waals surface area contributed by atoms with Crippen LogP contribution in [0, 0.1) is 0 Å². The zero-order valence-electron chi connectivity index (χ0n) is 6.12. The summed E-state index contributed by atoms with van der Waals surface area (Å²) in [6.07, 6.45) is 1.13. The van der Waals surface area contributed by atoms with E-state index < -0.39 is 0 Å². The third-order valence-electron chi connectivity index (χ3n) is 0.791. The summed E-state index contributed by atoms with van der Waals surface area (Å²) in [6.45, 7) is 6.01. The van der Waals surface area contributed by atoms with Gasteiger partial charge < -0.3 is 0 Å². The molecule has 0 unspecified atom stereocenters. The Morgan fingerprint density at radius 1 is 1.00 bits per heavy atom. The van der Waals surface area contributed by atoms with Crippen molar-refractivity contribution in [1.29, 1.82) is 0 Å². The predicted octanol–water partition coefficient (Wildman–Crippen LogP) is -0.480. The normalized spacial score (nSPS) is 10.0. The molecule has 0 aliphatic carbocycles. The number of hydrogen-bond donors (Lipinski definition) is 4. The van der Waals surface area contributed by atoms with Crippen LogP contribution in [0.1, 0.15) is 20.3 Å². The molecule has 9 heavy (non-hydrogen) atoms. The predicted molar refractivity (Wildman–Crippen MR) is 38.2 cm³/mol. The molecule has 56 valence electrons. The van der Waals surface area contributed by atoms with Crippen LogP contribution < -0.4 is 21.9 Å². The fraction of sp³-hybridized carbons (Fsp3) is 1.00. The van der Waals surface area contributed by atoms with Crippen LogP contribution in [0.15, 0.2) is 0 Å². The molecule has 4 N–H and O–H groups in total. The molecule has 0 fully saturated rings. The molecule has 4 heteroatoms. The van der Waals surface area contributed by atoms with E-state index in [0.29, 0.717) is 0 Å². The van der Waals surface area contributed by atoms with E-state index in [2.05, 4.69) is 28.8 Å². The smallest absolute Gasteiger partial charge is 0.0111 e. The summed E-state index contributed by atoms with van der Waals surface area (Å²) in [4.78, 5) is 0. The molecule has 0 rings (SSSR count). The third kappa shape index (κ3) is 7.84. The first-order valence-electron chi connectivity index (χ1n) is 3.37. The Morgan fingerprint density at radius 2 is 1.67 bits per heavy atom. The van der Waals surface area contributed by atoms with E-state index in [1.807, 2.05) is 6.92 Å². The Kier molecular flexibility index (Phi) is 7.70.